The topological polar surface area (TPSA) is 30.5 Å². The molecule has 0 saturated heterocycles. The van der Waals surface area contributed by atoms with Crippen molar-refractivity contribution in [2.75, 3.05) is 33.4 Å². The van der Waals surface area contributed by atoms with Crippen LogP contribution in [0.3, 0.4) is 0 Å². The fraction of sp³-hybridized carbons (Fsp3) is 0.385. The van der Waals surface area contributed by atoms with E-state index in [4.69, 9.17) is 21.1 Å². The highest BCUT2D eigenvalue weighted by atomic mass is 35.5. The summed E-state index contributed by atoms with van der Waals surface area (Å²) in [6.07, 6.45) is 0. The zero-order chi connectivity index (χ0) is 12.3. The zero-order valence-corrected chi connectivity index (χ0v) is 10.6. The highest BCUT2D eigenvalue weighted by Crippen LogP contribution is 2.14. The Hall–Kier alpha value is -1.21. The van der Waals surface area contributed by atoms with Gasteiger partial charge in [-0.05, 0) is 24.3 Å². The predicted octanol–water partition coefficient (Wildman–Crippen LogP) is 1.96. The minimum atomic E-state index is 0.383. The quantitative estimate of drug-likeness (QED) is 0.621. The Labute approximate surface area is 107 Å². The van der Waals surface area contributed by atoms with Crippen LogP contribution in [0.1, 0.15) is 0 Å². The van der Waals surface area contributed by atoms with Gasteiger partial charge in [-0.3, -0.25) is 0 Å². The minimum absolute atomic E-state index is 0.383. The molecule has 0 bridgehead atoms. The predicted molar refractivity (Wildman–Crippen MR) is 69.5 cm³/mol. The number of benzene rings is 1. The zero-order valence-electron chi connectivity index (χ0n) is 9.83. The molecule has 1 aromatic rings. The van der Waals surface area contributed by atoms with Gasteiger partial charge in [0.25, 0.3) is 0 Å². The molecule has 0 amide bonds. The summed E-state index contributed by atoms with van der Waals surface area (Å²) < 4.78 is 10.3. The third kappa shape index (κ3) is 6.85. The Kier molecular flexibility index (Phi) is 7.24. The Morgan fingerprint density at radius 3 is 2.71 bits per heavy atom. The molecule has 0 aromatic heterocycles. The van der Waals surface area contributed by atoms with Crippen LogP contribution in [-0.2, 0) is 4.74 Å². The molecule has 0 aliphatic heterocycles. The summed E-state index contributed by atoms with van der Waals surface area (Å²) in [5.74, 6) is 6.65. The van der Waals surface area contributed by atoms with Crippen molar-refractivity contribution in [1.82, 2.24) is 5.32 Å². The van der Waals surface area contributed by atoms with E-state index in [2.05, 4.69) is 17.2 Å². The molecule has 0 atom stereocenters. The molecule has 1 N–H and O–H groups in total. The first-order valence-electron chi connectivity index (χ1n) is 5.36. The number of hydrogen-bond donors (Lipinski definition) is 1. The molecule has 0 radical (unpaired) electrons. The van der Waals surface area contributed by atoms with Gasteiger partial charge in [0.2, 0.25) is 0 Å². The summed E-state index contributed by atoms with van der Waals surface area (Å²) in [5.41, 5.74) is 0. The molecule has 0 saturated carbocycles. The van der Waals surface area contributed by atoms with Crippen molar-refractivity contribution in [3.05, 3.63) is 29.3 Å². The molecule has 0 aliphatic rings. The number of methoxy groups -OCH3 is 1. The van der Waals surface area contributed by atoms with E-state index in [1.165, 1.54) is 0 Å². The van der Waals surface area contributed by atoms with Gasteiger partial charge in [-0.15, -0.1) is 0 Å². The van der Waals surface area contributed by atoms with Gasteiger partial charge in [0.05, 0.1) is 13.2 Å². The summed E-state index contributed by atoms with van der Waals surface area (Å²) in [4.78, 5) is 0. The highest BCUT2D eigenvalue weighted by Gasteiger charge is 1.90. The van der Waals surface area contributed by atoms with Gasteiger partial charge in [-0.1, -0.05) is 23.4 Å². The van der Waals surface area contributed by atoms with Crippen molar-refractivity contribution in [1.29, 1.82) is 0 Å². The van der Waals surface area contributed by atoms with Crippen LogP contribution >= 0.6 is 11.6 Å². The Balaban J connectivity index is 2.11. The van der Waals surface area contributed by atoms with Gasteiger partial charge < -0.3 is 14.8 Å². The average Bonchev–Trinajstić information content (AvgIpc) is 2.35. The van der Waals surface area contributed by atoms with Crippen LogP contribution in [-0.4, -0.2) is 33.4 Å². The van der Waals surface area contributed by atoms with Crippen molar-refractivity contribution in [2.24, 2.45) is 0 Å². The van der Waals surface area contributed by atoms with Gasteiger partial charge in [-0.25, -0.2) is 0 Å². The maximum atomic E-state index is 5.75. The molecule has 17 heavy (non-hydrogen) atoms. The summed E-state index contributed by atoms with van der Waals surface area (Å²) >= 11 is 5.75. The van der Waals surface area contributed by atoms with Crippen molar-refractivity contribution < 1.29 is 9.47 Å². The van der Waals surface area contributed by atoms with Crippen LogP contribution in [0.4, 0.5) is 0 Å². The molecule has 0 unspecified atom stereocenters. The fourth-order valence-corrected chi connectivity index (χ4v) is 1.21. The van der Waals surface area contributed by atoms with E-state index in [0.29, 0.717) is 24.8 Å². The lowest BCUT2D eigenvalue weighted by Gasteiger charge is -2.01. The normalized spacial score (nSPS) is 9.53. The first-order valence-corrected chi connectivity index (χ1v) is 5.74. The lowest BCUT2D eigenvalue weighted by molar-refractivity contribution is 0.200. The molecular formula is C13H16ClNO2. The number of hydrogen-bond acceptors (Lipinski definition) is 3. The van der Waals surface area contributed by atoms with Crippen molar-refractivity contribution in [3.63, 3.8) is 0 Å². The van der Waals surface area contributed by atoms with Crippen molar-refractivity contribution >= 4 is 11.6 Å². The minimum Gasteiger partial charge on any atom is -0.481 e. The first-order chi connectivity index (χ1) is 8.33. The molecule has 0 fully saturated rings. The third-order valence-corrected chi connectivity index (χ3v) is 2.20. The van der Waals surface area contributed by atoms with Gasteiger partial charge in [0.15, 0.2) is 0 Å². The molecule has 4 heteroatoms. The van der Waals surface area contributed by atoms with Crippen LogP contribution in [0.5, 0.6) is 5.75 Å². The van der Waals surface area contributed by atoms with Crippen LogP contribution in [0.15, 0.2) is 24.3 Å². The molecule has 0 heterocycles. The van der Waals surface area contributed by atoms with Crippen LogP contribution < -0.4 is 10.1 Å². The van der Waals surface area contributed by atoms with Gasteiger partial charge in [0.1, 0.15) is 12.4 Å². The highest BCUT2D eigenvalue weighted by molar-refractivity contribution is 6.30. The lowest BCUT2D eigenvalue weighted by atomic mass is 10.3. The number of halogens is 1. The third-order valence-electron chi connectivity index (χ3n) is 1.95. The number of rotatable bonds is 6. The van der Waals surface area contributed by atoms with E-state index < -0.39 is 0 Å². The summed E-state index contributed by atoms with van der Waals surface area (Å²) in [7, 11) is 1.67. The molecule has 3 nitrogen and oxygen atoms in total. The average molecular weight is 254 g/mol. The molecule has 1 aromatic carbocycles. The maximum Gasteiger partial charge on any atom is 0.149 e. The first kappa shape index (κ1) is 13.9. The largest absolute Gasteiger partial charge is 0.481 e. The van der Waals surface area contributed by atoms with Crippen LogP contribution in [0, 0.1) is 11.8 Å². The molecule has 92 valence electrons. The second kappa shape index (κ2) is 8.89. The second-order valence-electron chi connectivity index (χ2n) is 3.27. The smallest absolute Gasteiger partial charge is 0.149 e. The van der Waals surface area contributed by atoms with Crippen LogP contribution in [0.25, 0.3) is 0 Å². The fourth-order valence-electron chi connectivity index (χ4n) is 1.09. The monoisotopic (exact) mass is 253 g/mol. The molecular weight excluding hydrogens is 238 g/mol. The molecule has 0 spiro atoms. The standard InChI is InChI=1S/C13H16ClNO2/c1-16-11-9-15-8-2-3-10-17-13-6-4-12(14)5-7-13/h4-7,15H,8-11H2,1H3. The van der Waals surface area contributed by atoms with E-state index in [9.17, 15) is 0 Å². The van der Waals surface area contributed by atoms with E-state index in [1.807, 2.05) is 12.1 Å². The van der Waals surface area contributed by atoms with Crippen LogP contribution in [0.2, 0.25) is 5.02 Å². The van der Waals surface area contributed by atoms with E-state index >= 15 is 0 Å². The summed E-state index contributed by atoms with van der Waals surface area (Å²) in [6, 6.07) is 7.22. The molecule has 0 aliphatic carbocycles. The van der Waals surface area contributed by atoms with E-state index in [1.54, 1.807) is 19.2 Å². The molecule has 1 rings (SSSR count). The summed E-state index contributed by atoms with van der Waals surface area (Å²) in [5, 5.41) is 3.82. The van der Waals surface area contributed by atoms with Gasteiger partial charge >= 0.3 is 0 Å². The van der Waals surface area contributed by atoms with Crippen molar-refractivity contribution in [2.45, 2.75) is 0 Å². The Morgan fingerprint density at radius 2 is 2.00 bits per heavy atom. The van der Waals surface area contributed by atoms with Gasteiger partial charge in [-0.2, -0.15) is 0 Å². The Morgan fingerprint density at radius 1 is 1.24 bits per heavy atom. The van der Waals surface area contributed by atoms with E-state index in [-0.39, 0.29) is 0 Å². The second-order valence-corrected chi connectivity index (χ2v) is 3.70. The maximum absolute atomic E-state index is 5.75. The van der Waals surface area contributed by atoms with Crippen molar-refractivity contribution in [3.8, 4) is 17.6 Å². The lowest BCUT2D eigenvalue weighted by Crippen LogP contribution is -2.19. The SMILES string of the molecule is COCCNCC#CCOc1ccc(Cl)cc1. The van der Waals surface area contributed by atoms with E-state index in [0.717, 1.165) is 12.3 Å². The Bertz CT molecular complexity index is 367. The summed E-state index contributed by atoms with van der Waals surface area (Å²) in [6.45, 7) is 2.53. The number of nitrogens with one attached hydrogen (secondary N) is 1. The number of ether oxygens (including phenoxy) is 2. The van der Waals surface area contributed by atoms with Gasteiger partial charge in [0, 0.05) is 18.7 Å².